The first kappa shape index (κ1) is 22.9. The Balaban J connectivity index is 1.65. The molecule has 0 unspecified atom stereocenters. The third-order valence-corrected chi connectivity index (χ3v) is 4.61. The van der Waals surface area contributed by atoms with Gasteiger partial charge >= 0.3 is 0 Å². The van der Waals surface area contributed by atoms with Gasteiger partial charge in [-0.3, -0.25) is 30.6 Å². The van der Waals surface area contributed by atoms with Crippen molar-refractivity contribution >= 4 is 58.0 Å². The van der Waals surface area contributed by atoms with Crippen molar-refractivity contribution in [2.75, 3.05) is 29.2 Å². The molecule has 12 heteroatoms. The highest BCUT2D eigenvalue weighted by Crippen LogP contribution is 2.17. The molecule has 2 rings (SSSR count). The largest absolute Gasteiger partial charge is 0.497 e. The van der Waals surface area contributed by atoms with Crippen LogP contribution >= 0.6 is 24.0 Å². The van der Waals surface area contributed by atoms with Crippen LogP contribution in [0.5, 0.6) is 5.75 Å². The van der Waals surface area contributed by atoms with E-state index in [1.807, 2.05) is 0 Å². The van der Waals surface area contributed by atoms with Crippen molar-refractivity contribution in [3.05, 3.63) is 58.6 Å². The van der Waals surface area contributed by atoms with Gasteiger partial charge in [0.25, 0.3) is 5.69 Å². The number of hydrazine groups is 1. The third-order valence-electron chi connectivity index (χ3n) is 3.47. The van der Waals surface area contributed by atoms with Crippen molar-refractivity contribution in [3.8, 4) is 5.75 Å². The SMILES string of the molecule is COc1ccc(NC(=O)CSCC(=O)NNC(=S)Nc2cccc([N+](=O)[O-])c2)cc1. The molecule has 0 heterocycles. The number of anilines is 2. The van der Waals surface area contributed by atoms with Crippen LogP contribution in [0.4, 0.5) is 17.1 Å². The topological polar surface area (TPSA) is 135 Å². The van der Waals surface area contributed by atoms with Gasteiger partial charge in [0.2, 0.25) is 11.8 Å². The van der Waals surface area contributed by atoms with Crippen LogP contribution in [0.1, 0.15) is 0 Å². The van der Waals surface area contributed by atoms with Gasteiger partial charge in [-0.2, -0.15) is 0 Å². The molecule has 4 N–H and O–H groups in total. The van der Waals surface area contributed by atoms with Crippen LogP contribution in [0, 0.1) is 10.1 Å². The van der Waals surface area contributed by atoms with E-state index in [1.54, 1.807) is 37.4 Å². The number of carbonyl (C=O) groups excluding carboxylic acids is 2. The molecule has 0 spiro atoms. The number of thiocarbonyl (C=S) groups is 1. The maximum atomic E-state index is 11.9. The number of hydrogen-bond acceptors (Lipinski definition) is 7. The quantitative estimate of drug-likeness (QED) is 0.272. The Kier molecular flexibility index (Phi) is 8.84. The molecule has 30 heavy (non-hydrogen) atoms. The summed E-state index contributed by atoms with van der Waals surface area (Å²) < 4.78 is 5.05. The lowest BCUT2D eigenvalue weighted by Gasteiger charge is -2.11. The summed E-state index contributed by atoms with van der Waals surface area (Å²) >= 11 is 6.15. The lowest BCUT2D eigenvalue weighted by molar-refractivity contribution is -0.384. The first-order valence-electron chi connectivity index (χ1n) is 8.49. The smallest absolute Gasteiger partial charge is 0.271 e. The van der Waals surface area contributed by atoms with Gasteiger partial charge in [-0.1, -0.05) is 6.07 Å². The summed E-state index contributed by atoms with van der Waals surface area (Å²) in [6.07, 6.45) is 0. The predicted octanol–water partition coefficient (Wildman–Crippen LogP) is 2.29. The van der Waals surface area contributed by atoms with Crippen molar-refractivity contribution in [2.24, 2.45) is 0 Å². The first-order valence-corrected chi connectivity index (χ1v) is 10.1. The summed E-state index contributed by atoms with van der Waals surface area (Å²) in [6, 6.07) is 12.7. The molecule has 0 atom stereocenters. The number of ether oxygens (including phenoxy) is 1. The molecular formula is C18H19N5O5S2. The Labute approximate surface area is 181 Å². The maximum absolute atomic E-state index is 11.9. The molecule has 0 aliphatic carbocycles. The molecule has 10 nitrogen and oxygen atoms in total. The standard InChI is InChI=1S/C18H19N5O5S2/c1-28-15-7-5-12(6-8-15)19-16(24)10-30-11-17(25)21-22-18(29)20-13-3-2-4-14(9-13)23(26)27/h2-9H,10-11H2,1H3,(H,19,24)(H,21,25)(H2,20,22,29). The Morgan fingerprint density at radius 3 is 2.40 bits per heavy atom. The highest BCUT2D eigenvalue weighted by molar-refractivity contribution is 8.00. The number of non-ortho nitro benzene ring substituents is 1. The van der Waals surface area contributed by atoms with Crippen LogP contribution in [-0.4, -0.2) is 40.5 Å². The van der Waals surface area contributed by atoms with Gasteiger partial charge in [0, 0.05) is 23.5 Å². The van der Waals surface area contributed by atoms with Crippen LogP contribution in [0.15, 0.2) is 48.5 Å². The van der Waals surface area contributed by atoms with Gasteiger partial charge in [-0.15, -0.1) is 11.8 Å². The van der Waals surface area contributed by atoms with E-state index in [-0.39, 0.29) is 34.1 Å². The van der Waals surface area contributed by atoms with E-state index >= 15 is 0 Å². The third kappa shape index (κ3) is 7.93. The maximum Gasteiger partial charge on any atom is 0.271 e. The first-order chi connectivity index (χ1) is 14.4. The van der Waals surface area contributed by atoms with Gasteiger partial charge in [0.05, 0.1) is 23.5 Å². The molecule has 0 saturated carbocycles. The van der Waals surface area contributed by atoms with Gasteiger partial charge in [-0.05, 0) is 42.5 Å². The molecule has 158 valence electrons. The number of benzene rings is 2. The number of nitro benzene ring substituents is 1. The Morgan fingerprint density at radius 2 is 1.73 bits per heavy atom. The molecule has 2 amide bonds. The number of thioether (sulfide) groups is 1. The number of nitrogens with one attached hydrogen (secondary N) is 4. The highest BCUT2D eigenvalue weighted by Gasteiger charge is 2.09. The van der Waals surface area contributed by atoms with Gasteiger partial charge in [0.1, 0.15) is 5.75 Å². The van der Waals surface area contributed by atoms with E-state index in [1.165, 1.54) is 18.2 Å². The molecule has 0 bridgehead atoms. The summed E-state index contributed by atoms with van der Waals surface area (Å²) in [5.74, 6) is 0.178. The lowest BCUT2D eigenvalue weighted by atomic mass is 10.3. The van der Waals surface area contributed by atoms with Crippen LogP contribution in [0.3, 0.4) is 0 Å². The molecule has 0 aromatic heterocycles. The van der Waals surface area contributed by atoms with Crippen LogP contribution < -0.4 is 26.2 Å². The van der Waals surface area contributed by atoms with Crippen molar-refractivity contribution in [3.63, 3.8) is 0 Å². The van der Waals surface area contributed by atoms with Crippen LogP contribution in [0.2, 0.25) is 0 Å². The summed E-state index contributed by atoms with van der Waals surface area (Å²) in [5.41, 5.74) is 5.82. The summed E-state index contributed by atoms with van der Waals surface area (Å²) in [7, 11) is 1.56. The minimum Gasteiger partial charge on any atom is -0.497 e. The summed E-state index contributed by atoms with van der Waals surface area (Å²) in [6.45, 7) is 0. The van der Waals surface area contributed by atoms with Gasteiger partial charge in [-0.25, -0.2) is 0 Å². The van der Waals surface area contributed by atoms with Gasteiger partial charge < -0.3 is 15.4 Å². The number of nitro groups is 1. The summed E-state index contributed by atoms with van der Waals surface area (Å²) in [4.78, 5) is 34.0. The molecule has 2 aromatic rings. The Hall–Kier alpha value is -3.38. The number of amides is 2. The number of carbonyl (C=O) groups is 2. The van der Waals surface area contributed by atoms with Crippen LogP contribution in [0.25, 0.3) is 0 Å². The second kappa shape index (κ2) is 11.6. The van der Waals surface area contributed by atoms with Crippen LogP contribution in [-0.2, 0) is 9.59 Å². The molecule has 0 aliphatic rings. The normalized spacial score (nSPS) is 9.90. The monoisotopic (exact) mass is 449 g/mol. The van der Waals surface area contributed by atoms with E-state index in [0.717, 1.165) is 11.8 Å². The van der Waals surface area contributed by atoms with E-state index in [9.17, 15) is 19.7 Å². The lowest BCUT2D eigenvalue weighted by Crippen LogP contribution is -2.44. The van der Waals surface area contributed by atoms with E-state index < -0.39 is 4.92 Å². The van der Waals surface area contributed by atoms with E-state index in [2.05, 4.69) is 21.5 Å². The minimum absolute atomic E-state index is 0.0302. The van der Waals surface area contributed by atoms with Crippen molar-refractivity contribution in [1.29, 1.82) is 0 Å². The zero-order valence-electron chi connectivity index (χ0n) is 15.8. The average Bonchev–Trinajstić information content (AvgIpc) is 2.73. The average molecular weight is 450 g/mol. The molecule has 0 aliphatic heterocycles. The zero-order chi connectivity index (χ0) is 21.9. The second-order valence-electron chi connectivity index (χ2n) is 5.70. The van der Waals surface area contributed by atoms with Crippen molar-refractivity contribution in [1.82, 2.24) is 10.9 Å². The number of methoxy groups -OCH3 is 1. The minimum atomic E-state index is -0.522. The van der Waals surface area contributed by atoms with E-state index in [0.29, 0.717) is 17.1 Å². The number of nitrogens with zero attached hydrogens (tertiary/aromatic N) is 1. The summed E-state index contributed by atoms with van der Waals surface area (Å²) in [5, 5.41) is 16.3. The highest BCUT2D eigenvalue weighted by atomic mass is 32.2. The fourth-order valence-corrected chi connectivity index (χ4v) is 2.92. The fraction of sp³-hybridized carbons (Fsp3) is 0.167. The fourth-order valence-electron chi connectivity index (χ4n) is 2.13. The van der Waals surface area contributed by atoms with E-state index in [4.69, 9.17) is 17.0 Å². The second-order valence-corrected chi connectivity index (χ2v) is 7.10. The zero-order valence-corrected chi connectivity index (χ0v) is 17.5. The molecule has 2 aromatic carbocycles. The Bertz CT molecular complexity index is 923. The molecule has 0 saturated heterocycles. The van der Waals surface area contributed by atoms with Crippen molar-refractivity contribution in [2.45, 2.75) is 0 Å². The molecule has 0 fully saturated rings. The number of rotatable bonds is 8. The molecule has 0 radical (unpaired) electrons. The van der Waals surface area contributed by atoms with Crippen molar-refractivity contribution < 1.29 is 19.2 Å². The molecular weight excluding hydrogens is 430 g/mol. The number of hydrogen-bond donors (Lipinski definition) is 4. The van der Waals surface area contributed by atoms with Gasteiger partial charge in [0.15, 0.2) is 5.11 Å². The Morgan fingerprint density at radius 1 is 1.03 bits per heavy atom. The predicted molar refractivity (Wildman–Crippen MR) is 120 cm³/mol.